The molecule has 1 heterocycles. The van der Waals surface area contributed by atoms with Gasteiger partial charge in [-0.2, -0.15) is 0 Å². The predicted octanol–water partition coefficient (Wildman–Crippen LogP) is 4.61. The zero-order valence-electron chi connectivity index (χ0n) is 22.6. The van der Waals surface area contributed by atoms with Gasteiger partial charge in [0, 0.05) is 12.2 Å². The molecule has 3 rings (SSSR count). The Bertz CT molecular complexity index is 1160. The number of rotatable bonds is 5. The Kier molecular flexibility index (Phi) is 7.34. The first-order chi connectivity index (χ1) is 17.1. The van der Waals surface area contributed by atoms with Crippen LogP contribution in [0.15, 0.2) is 42.5 Å². The standard InChI is InChI=1S/C28H38N4O5/c1-8-14-31-23(34)28(30-24(35)36,22(29)32(25(31)37)18-12-10-9-11-13-18)17-15-19(26(2,3)4)21(33)20(16-17)27(5,6)7/h9-13,15-16,22,30,33H,8,14,29H2,1-7H3,(H,35,36). The van der Waals surface area contributed by atoms with Crippen molar-refractivity contribution in [2.75, 3.05) is 11.4 Å². The number of amides is 4. The van der Waals surface area contributed by atoms with Crippen LogP contribution in [0.2, 0.25) is 0 Å². The lowest BCUT2D eigenvalue weighted by Gasteiger charge is -2.50. The van der Waals surface area contributed by atoms with Crippen LogP contribution < -0.4 is 16.0 Å². The van der Waals surface area contributed by atoms with Crippen LogP contribution in [0, 0.1) is 0 Å². The quantitative estimate of drug-likeness (QED) is 0.464. The maximum atomic E-state index is 14.2. The van der Waals surface area contributed by atoms with E-state index in [1.54, 1.807) is 42.5 Å². The fraction of sp³-hybridized carbons (Fsp3) is 0.464. The van der Waals surface area contributed by atoms with Crippen molar-refractivity contribution in [2.45, 2.75) is 77.4 Å². The molecule has 0 aliphatic carbocycles. The van der Waals surface area contributed by atoms with Crippen molar-refractivity contribution >= 4 is 23.7 Å². The molecule has 2 aromatic rings. The van der Waals surface area contributed by atoms with Gasteiger partial charge in [-0.05, 0) is 58.2 Å². The zero-order chi connectivity index (χ0) is 27.9. The number of urea groups is 1. The summed E-state index contributed by atoms with van der Waals surface area (Å²) in [7, 11) is 0. The lowest BCUT2D eigenvalue weighted by molar-refractivity contribution is -0.138. The largest absolute Gasteiger partial charge is 0.507 e. The molecule has 2 aromatic carbocycles. The van der Waals surface area contributed by atoms with E-state index in [1.807, 2.05) is 48.5 Å². The van der Waals surface area contributed by atoms with Crippen LogP contribution in [0.4, 0.5) is 15.3 Å². The first kappa shape index (κ1) is 28.0. The van der Waals surface area contributed by atoms with Crippen molar-refractivity contribution in [3.8, 4) is 5.75 Å². The SMILES string of the molecule is CCCN1C(=O)N(c2ccccc2)C(N)C(NC(=O)O)(c2cc(C(C)(C)C)c(O)c(C(C)(C)C)c2)C1=O. The van der Waals surface area contributed by atoms with Gasteiger partial charge < -0.3 is 21.3 Å². The molecule has 0 saturated carbocycles. The second-order valence-electron chi connectivity index (χ2n) is 11.5. The highest BCUT2D eigenvalue weighted by atomic mass is 16.4. The van der Waals surface area contributed by atoms with E-state index in [0.29, 0.717) is 23.2 Å². The van der Waals surface area contributed by atoms with Crippen molar-refractivity contribution in [1.29, 1.82) is 0 Å². The summed E-state index contributed by atoms with van der Waals surface area (Å²) in [6.45, 7) is 13.4. The summed E-state index contributed by atoms with van der Waals surface area (Å²) in [6.07, 6.45) is -2.41. The topological polar surface area (TPSA) is 136 Å². The predicted molar refractivity (Wildman–Crippen MR) is 143 cm³/mol. The molecule has 1 aliphatic rings. The number of nitrogens with two attached hydrogens (primary N) is 1. The molecule has 5 N–H and O–H groups in total. The Balaban J connectivity index is 2.45. The molecule has 1 aliphatic heterocycles. The minimum atomic E-state index is -2.04. The number of phenolic OH excluding ortho intramolecular Hbond substituents is 1. The highest BCUT2D eigenvalue weighted by Gasteiger charge is 2.59. The fourth-order valence-electron chi connectivity index (χ4n) is 4.82. The number of phenols is 1. The van der Waals surface area contributed by atoms with E-state index >= 15 is 0 Å². The smallest absolute Gasteiger partial charge is 0.405 e. The Morgan fingerprint density at radius 3 is 1.97 bits per heavy atom. The van der Waals surface area contributed by atoms with Crippen molar-refractivity contribution < 1.29 is 24.6 Å². The van der Waals surface area contributed by atoms with Gasteiger partial charge in [0.1, 0.15) is 11.9 Å². The number of para-hydroxylation sites is 1. The number of anilines is 1. The maximum Gasteiger partial charge on any atom is 0.405 e. The number of imide groups is 1. The van der Waals surface area contributed by atoms with E-state index in [4.69, 9.17) is 5.73 Å². The van der Waals surface area contributed by atoms with Crippen LogP contribution in [0.1, 0.15) is 71.6 Å². The average Bonchev–Trinajstić information content (AvgIpc) is 2.79. The number of aromatic hydroxyl groups is 1. The van der Waals surface area contributed by atoms with Crippen LogP contribution in [0.5, 0.6) is 5.75 Å². The lowest BCUT2D eigenvalue weighted by atomic mass is 9.74. The van der Waals surface area contributed by atoms with Crippen LogP contribution in [0.25, 0.3) is 0 Å². The first-order valence-electron chi connectivity index (χ1n) is 12.4. The zero-order valence-corrected chi connectivity index (χ0v) is 22.6. The van der Waals surface area contributed by atoms with Gasteiger partial charge in [-0.3, -0.25) is 14.6 Å². The summed E-state index contributed by atoms with van der Waals surface area (Å²) < 4.78 is 0. The molecule has 2 unspecified atom stereocenters. The average molecular weight is 511 g/mol. The summed E-state index contributed by atoms with van der Waals surface area (Å²) in [5, 5.41) is 23.7. The van der Waals surface area contributed by atoms with E-state index < -0.39 is 40.6 Å². The third-order valence-corrected chi connectivity index (χ3v) is 6.71. The van der Waals surface area contributed by atoms with Crippen molar-refractivity contribution in [3.05, 3.63) is 59.2 Å². The van der Waals surface area contributed by atoms with Crippen molar-refractivity contribution in [2.24, 2.45) is 5.73 Å². The fourth-order valence-corrected chi connectivity index (χ4v) is 4.82. The van der Waals surface area contributed by atoms with Gasteiger partial charge in [0.25, 0.3) is 5.91 Å². The molecule has 0 aromatic heterocycles. The Hall–Kier alpha value is -3.59. The van der Waals surface area contributed by atoms with Crippen molar-refractivity contribution in [3.63, 3.8) is 0 Å². The second kappa shape index (κ2) is 9.70. The van der Waals surface area contributed by atoms with Gasteiger partial charge in [0.05, 0.1) is 0 Å². The third kappa shape index (κ3) is 4.87. The summed E-state index contributed by atoms with van der Waals surface area (Å²) in [6, 6.07) is 11.2. The summed E-state index contributed by atoms with van der Waals surface area (Å²) in [5.41, 5.74) is 5.34. The van der Waals surface area contributed by atoms with Crippen LogP contribution >= 0.6 is 0 Å². The van der Waals surface area contributed by atoms with Gasteiger partial charge in [0.2, 0.25) is 0 Å². The van der Waals surface area contributed by atoms with E-state index in [-0.39, 0.29) is 17.9 Å². The molecule has 0 bridgehead atoms. The molecule has 9 nitrogen and oxygen atoms in total. The molecule has 200 valence electrons. The second-order valence-corrected chi connectivity index (χ2v) is 11.5. The Morgan fingerprint density at radius 1 is 1.03 bits per heavy atom. The highest BCUT2D eigenvalue weighted by molar-refractivity contribution is 6.11. The summed E-state index contributed by atoms with van der Waals surface area (Å²) >= 11 is 0. The summed E-state index contributed by atoms with van der Waals surface area (Å²) in [5.74, 6) is -0.681. The first-order valence-corrected chi connectivity index (χ1v) is 12.4. The molecule has 37 heavy (non-hydrogen) atoms. The van der Waals surface area contributed by atoms with Gasteiger partial charge in [-0.25, -0.2) is 9.59 Å². The number of hydrogen-bond acceptors (Lipinski definition) is 5. The van der Waals surface area contributed by atoms with E-state index in [0.717, 1.165) is 4.90 Å². The minimum absolute atomic E-state index is 0.0764. The molecular formula is C28H38N4O5. The molecule has 0 spiro atoms. The number of benzene rings is 2. The van der Waals surface area contributed by atoms with Gasteiger partial charge in [-0.1, -0.05) is 66.7 Å². The molecule has 9 heteroatoms. The van der Waals surface area contributed by atoms with Crippen LogP contribution in [0.3, 0.4) is 0 Å². The van der Waals surface area contributed by atoms with Crippen LogP contribution in [-0.2, 0) is 21.2 Å². The maximum absolute atomic E-state index is 14.2. The Labute approximate surface area is 218 Å². The Morgan fingerprint density at radius 2 is 1.54 bits per heavy atom. The van der Waals surface area contributed by atoms with Gasteiger partial charge in [0.15, 0.2) is 5.54 Å². The number of carbonyl (C=O) groups is 3. The monoisotopic (exact) mass is 510 g/mol. The number of hydrogen-bond donors (Lipinski definition) is 4. The van der Waals surface area contributed by atoms with E-state index in [1.165, 1.54) is 4.90 Å². The number of nitrogens with zero attached hydrogens (tertiary/aromatic N) is 2. The molecule has 4 amide bonds. The minimum Gasteiger partial charge on any atom is -0.507 e. The number of carbonyl (C=O) groups excluding carboxylic acids is 2. The highest BCUT2D eigenvalue weighted by Crippen LogP contribution is 2.44. The normalized spacial score (nSPS) is 20.8. The lowest BCUT2D eigenvalue weighted by Crippen LogP contribution is -2.77. The molecule has 1 saturated heterocycles. The van der Waals surface area contributed by atoms with Gasteiger partial charge >= 0.3 is 12.1 Å². The number of carboxylic acid groups (broad SMARTS) is 1. The molecule has 0 radical (unpaired) electrons. The molecule has 1 fully saturated rings. The summed E-state index contributed by atoms with van der Waals surface area (Å²) in [4.78, 5) is 42.3. The van der Waals surface area contributed by atoms with Gasteiger partial charge in [-0.15, -0.1) is 0 Å². The third-order valence-electron chi connectivity index (χ3n) is 6.71. The molecule has 2 atom stereocenters. The van der Waals surface area contributed by atoms with Crippen LogP contribution in [-0.4, -0.2) is 45.9 Å². The molecular weight excluding hydrogens is 472 g/mol. The van der Waals surface area contributed by atoms with E-state index in [9.17, 15) is 24.6 Å². The number of nitrogens with one attached hydrogen (secondary N) is 1. The van der Waals surface area contributed by atoms with Crippen molar-refractivity contribution in [1.82, 2.24) is 10.2 Å². The van der Waals surface area contributed by atoms with E-state index in [2.05, 4.69) is 5.32 Å².